The van der Waals surface area contributed by atoms with E-state index in [0.29, 0.717) is 24.0 Å². The van der Waals surface area contributed by atoms with Gasteiger partial charge in [0.05, 0.1) is 0 Å². The monoisotopic (exact) mass is 277 g/mol. The Kier molecular flexibility index (Phi) is 3.48. The van der Waals surface area contributed by atoms with E-state index in [1.54, 1.807) is 23.6 Å². The van der Waals surface area contributed by atoms with Gasteiger partial charge in [0.15, 0.2) is 11.6 Å². The zero-order valence-electron chi connectivity index (χ0n) is 10.6. The summed E-state index contributed by atoms with van der Waals surface area (Å²) in [6.45, 7) is 0.921. The lowest BCUT2D eigenvalue weighted by atomic mass is 10.2. The van der Waals surface area contributed by atoms with Crippen molar-refractivity contribution >= 4 is 17.2 Å². The molecule has 0 aromatic carbocycles. The highest BCUT2D eigenvalue weighted by Crippen LogP contribution is 2.34. The molecule has 3 rings (SSSR count). The third-order valence-electron chi connectivity index (χ3n) is 3.36. The summed E-state index contributed by atoms with van der Waals surface area (Å²) in [6.07, 6.45) is 3.86. The molecule has 19 heavy (non-hydrogen) atoms. The van der Waals surface area contributed by atoms with Crippen LogP contribution in [0.15, 0.2) is 29.1 Å². The van der Waals surface area contributed by atoms with Crippen molar-refractivity contribution in [3.63, 3.8) is 0 Å². The molecule has 0 saturated heterocycles. The maximum absolute atomic E-state index is 14.4. The predicted octanol–water partition coefficient (Wildman–Crippen LogP) is 2.91. The molecular weight excluding hydrogens is 261 g/mol. The molecule has 0 unspecified atom stereocenters. The van der Waals surface area contributed by atoms with Crippen LogP contribution in [0.1, 0.15) is 24.0 Å². The van der Waals surface area contributed by atoms with Gasteiger partial charge in [-0.2, -0.15) is 11.3 Å². The van der Waals surface area contributed by atoms with E-state index in [9.17, 15) is 4.39 Å². The van der Waals surface area contributed by atoms with Crippen LogP contribution in [-0.2, 0) is 13.1 Å². The van der Waals surface area contributed by atoms with Crippen LogP contribution in [0.2, 0.25) is 0 Å². The number of pyridine rings is 1. The Morgan fingerprint density at radius 1 is 1.42 bits per heavy atom. The summed E-state index contributed by atoms with van der Waals surface area (Å²) in [5.74, 6) is 0.170. The first-order chi connectivity index (χ1) is 9.29. The van der Waals surface area contributed by atoms with Crippen molar-refractivity contribution in [2.24, 2.45) is 5.73 Å². The van der Waals surface area contributed by atoms with Crippen molar-refractivity contribution in [2.45, 2.75) is 32.0 Å². The second kappa shape index (κ2) is 5.27. The fourth-order valence-corrected chi connectivity index (χ4v) is 2.83. The summed E-state index contributed by atoms with van der Waals surface area (Å²) in [6, 6.07) is 4.13. The van der Waals surface area contributed by atoms with Crippen LogP contribution in [-0.4, -0.2) is 11.0 Å². The number of hydrogen-bond donors (Lipinski definition) is 1. The molecule has 1 aliphatic carbocycles. The maximum atomic E-state index is 14.4. The van der Waals surface area contributed by atoms with Crippen molar-refractivity contribution in [1.82, 2.24) is 4.98 Å². The van der Waals surface area contributed by atoms with E-state index in [-0.39, 0.29) is 12.4 Å². The SMILES string of the molecule is NCc1ccnc(N(Cc2ccsc2)C2CC2)c1F. The van der Waals surface area contributed by atoms with Crippen LogP contribution in [0.4, 0.5) is 10.2 Å². The summed E-state index contributed by atoms with van der Waals surface area (Å²) in [5, 5.41) is 4.14. The average molecular weight is 277 g/mol. The fraction of sp³-hybridized carbons (Fsp3) is 0.357. The Bertz CT molecular complexity index is 552. The molecule has 2 aromatic rings. The van der Waals surface area contributed by atoms with Crippen molar-refractivity contribution in [3.05, 3.63) is 46.0 Å². The summed E-state index contributed by atoms with van der Waals surface area (Å²) in [4.78, 5) is 6.29. The van der Waals surface area contributed by atoms with Gasteiger partial charge in [0.2, 0.25) is 0 Å². The first kappa shape index (κ1) is 12.6. The zero-order valence-corrected chi connectivity index (χ0v) is 11.4. The third-order valence-corrected chi connectivity index (χ3v) is 4.10. The third kappa shape index (κ3) is 2.62. The van der Waals surface area contributed by atoms with E-state index in [1.807, 2.05) is 5.38 Å². The zero-order chi connectivity index (χ0) is 13.2. The van der Waals surface area contributed by atoms with Crippen molar-refractivity contribution in [2.75, 3.05) is 4.90 Å². The molecule has 1 saturated carbocycles. The highest BCUT2D eigenvalue weighted by atomic mass is 32.1. The largest absolute Gasteiger partial charge is 0.347 e. The Labute approximate surface area is 115 Å². The summed E-state index contributed by atoms with van der Waals surface area (Å²) >= 11 is 1.66. The van der Waals surface area contributed by atoms with Crippen LogP contribution in [0.5, 0.6) is 0 Å². The van der Waals surface area contributed by atoms with Gasteiger partial charge in [0, 0.05) is 30.9 Å². The van der Waals surface area contributed by atoms with Gasteiger partial charge >= 0.3 is 0 Å². The number of halogens is 1. The highest BCUT2D eigenvalue weighted by molar-refractivity contribution is 7.07. The molecule has 2 heterocycles. The Hall–Kier alpha value is -1.46. The number of nitrogens with zero attached hydrogens (tertiary/aromatic N) is 2. The first-order valence-corrected chi connectivity index (χ1v) is 7.35. The molecule has 5 heteroatoms. The second-order valence-corrected chi connectivity index (χ2v) is 5.58. The van der Waals surface area contributed by atoms with Crippen LogP contribution >= 0.6 is 11.3 Å². The smallest absolute Gasteiger partial charge is 0.170 e. The summed E-state index contributed by atoms with van der Waals surface area (Å²) in [7, 11) is 0. The van der Waals surface area contributed by atoms with Crippen LogP contribution in [0, 0.1) is 5.82 Å². The molecule has 0 amide bonds. The van der Waals surface area contributed by atoms with E-state index in [4.69, 9.17) is 5.73 Å². The van der Waals surface area contributed by atoms with Gasteiger partial charge in [-0.25, -0.2) is 9.37 Å². The summed E-state index contributed by atoms with van der Waals surface area (Å²) < 4.78 is 14.4. The van der Waals surface area contributed by atoms with E-state index >= 15 is 0 Å². The van der Waals surface area contributed by atoms with E-state index in [2.05, 4.69) is 21.3 Å². The topological polar surface area (TPSA) is 42.1 Å². The quantitative estimate of drug-likeness (QED) is 0.913. The van der Waals surface area contributed by atoms with Crippen molar-refractivity contribution in [1.29, 1.82) is 0 Å². The predicted molar refractivity (Wildman–Crippen MR) is 75.6 cm³/mol. The minimum Gasteiger partial charge on any atom is -0.347 e. The Morgan fingerprint density at radius 3 is 2.89 bits per heavy atom. The van der Waals surface area contributed by atoms with Gasteiger partial charge in [0.1, 0.15) is 0 Å². The number of rotatable bonds is 5. The van der Waals surface area contributed by atoms with Crippen molar-refractivity contribution in [3.8, 4) is 0 Å². The number of nitrogens with two attached hydrogens (primary N) is 1. The van der Waals surface area contributed by atoms with E-state index in [1.165, 1.54) is 5.56 Å². The molecule has 0 aliphatic heterocycles. The van der Waals surface area contributed by atoms with Gasteiger partial charge in [-0.3, -0.25) is 0 Å². The number of hydrogen-bond acceptors (Lipinski definition) is 4. The normalized spacial score (nSPS) is 14.6. The number of aromatic nitrogens is 1. The summed E-state index contributed by atoms with van der Waals surface area (Å²) in [5.41, 5.74) is 7.30. The molecule has 100 valence electrons. The van der Waals surface area contributed by atoms with Gasteiger partial charge in [-0.1, -0.05) is 0 Å². The number of anilines is 1. The van der Waals surface area contributed by atoms with Gasteiger partial charge < -0.3 is 10.6 Å². The van der Waals surface area contributed by atoms with Crippen LogP contribution in [0.3, 0.4) is 0 Å². The van der Waals surface area contributed by atoms with Crippen LogP contribution in [0.25, 0.3) is 0 Å². The minimum absolute atomic E-state index is 0.207. The van der Waals surface area contributed by atoms with Gasteiger partial charge in [0.25, 0.3) is 0 Å². The highest BCUT2D eigenvalue weighted by Gasteiger charge is 2.32. The Morgan fingerprint density at radius 2 is 2.26 bits per heavy atom. The van der Waals surface area contributed by atoms with Crippen LogP contribution < -0.4 is 10.6 Å². The minimum atomic E-state index is -0.271. The molecule has 0 spiro atoms. The van der Waals surface area contributed by atoms with Gasteiger partial charge in [-0.05, 0) is 41.3 Å². The Balaban J connectivity index is 1.92. The molecule has 1 aliphatic rings. The fourth-order valence-electron chi connectivity index (χ4n) is 2.17. The molecular formula is C14H16FN3S. The van der Waals surface area contributed by atoms with E-state index in [0.717, 1.165) is 12.8 Å². The number of thiophene rings is 1. The lowest BCUT2D eigenvalue weighted by molar-refractivity contribution is 0.590. The lowest BCUT2D eigenvalue weighted by Crippen LogP contribution is -2.27. The maximum Gasteiger partial charge on any atom is 0.170 e. The average Bonchev–Trinajstić information content (AvgIpc) is 3.14. The van der Waals surface area contributed by atoms with E-state index < -0.39 is 0 Å². The lowest BCUT2D eigenvalue weighted by Gasteiger charge is -2.24. The molecule has 2 aromatic heterocycles. The standard InChI is InChI=1S/C14H16FN3S/c15-13-11(7-16)3-5-17-14(13)18(12-1-2-12)8-10-4-6-19-9-10/h3-6,9,12H,1-2,7-8,16H2. The van der Waals surface area contributed by atoms with Crippen molar-refractivity contribution < 1.29 is 4.39 Å². The molecule has 0 bridgehead atoms. The molecule has 1 fully saturated rings. The van der Waals surface area contributed by atoms with Gasteiger partial charge in [-0.15, -0.1) is 0 Å². The molecule has 2 N–H and O–H groups in total. The second-order valence-electron chi connectivity index (χ2n) is 4.80. The molecule has 3 nitrogen and oxygen atoms in total. The molecule has 0 radical (unpaired) electrons. The first-order valence-electron chi connectivity index (χ1n) is 6.40. The molecule has 0 atom stereocenters.